The van der Waals surface area contributed by atoms with Crippen LogP contribution in [0, 0.1) is 0 Å². The van der Waals surface area contributed by atoms with Crippen LogP contribution in [0.3, 0.4) is 0 Å². The van der Waals surface area contributed by atoms with Gasteiger partial charge in [0, 0.05) is 10.0 Å². The maximum Gasteiger partial charge on any atom is 0.223 e. The molecule has 3 N–H and O–H groups in total. The first kappa shape index (κ1) is 16.2. The third kappa shape index (κ3) is 5.37. The maximum absolute atomic E-state index is 11.7. The van der Waals surface area contributed by atoms with Gasteiger partial charge in [-0.25, -0.2) is 0 Å². The molecular formula is C13H17Cl2NO3. The molecule has 0 heterocycles. The number of benzene rings is 1. The number of aliphatic hydroxyl groups excluding tert-OH is 2. The van der Waals surface area contributed by atoms with Gasteiger partial charge in [0.05, 0.1) is 24.7 Å². The topological polar surface area (TPSA) is 69.6 Å². The second-order valence-corrected chi connectivity index (χ2v) is 5.89. The van der Waals surface area contributed by atoms with Crippen LogP contribution >= 0.6 is 23.2 Å². The Labute approximate surface area is 122 Å². The minimum Gasteiger partial charge on any atom is -0.394 e. The highest BCUT2D eigenvalue weighted by atomic mass is 35.5. The van der Waals surface area contributed by atoms with Crippen LogP contribution in [0.15, 0.2) is 18.2 Å². The minimum atomic E-state index is -0.995. The van der Waals surface area contributed by atoms with E-state index in [1.807, 2.05) is 0 Å². The molecule has 1 aromatic rings. The van der Waals surface area contributed by atoms with Gasteiger partial charge < -0.3 is 15.5 Å². The highest BCUT2D eigenvalue weighted by Crippen LogP contribution is 2.25. The standard InChI is InChI=1S/C13H17Cl2NO3/c1-13(2,7-17)16-12(19)6-11(18)8-3-9(14)5-10(15)4-8/h3-5,11,17-18H,6-7H2,1-2H3,(H,16,19)/t11-/m0/s1. The van der Waals surface area contributed by atoms with E-state index < -0.39 is 11.6 Å². The van der Waals surface area contributed by atoms with E-state index in [1.165, 1.54) is 0 Å². The lowest BCUT2D eigenvalue weighted by atomic mass is 10.0. The van der Waals surface area contributed by atoms with Gasteiger partial charge in [-0.2, -0.15) is 0 Å². The summed E-state index contributed by atoms with van der Waals surface area (Å²) in [5, 5.41) is 22.4. The molecule has 0 aliphatic rings. The number of hydrogen-bond acceptors (Lipinski definition) is 3. The lowest BCUT2D eigenvalue weighted by Gasteiger charge is -2.24. The van der Waals surface area contributed by atoms with Gasteiger partial charge in [-0.1, -0.05) is 23.2 Å². The number of hydrogen-bond donors (Lipinski definition) is 3. The fraction of sp³-hybridized carbons (Fsp3) is 0.462. The van der Waals surface area contributed by atoms with E-state index in [-0.39, 0.29) is 18.9 Å². The van der Waals surface area contributed by atoms with Crippen LogP contribution in [-0.4, -0.2) is 28.3 Å². The fourth-order valence-corrected chi connectivity index (χ4v) is 2.07. The Morgan fingerprint density at radius 1 is 1.32 bits per heavy atom. The first-order chi connectivity index (χ1) is 8.73. The molecule has 0 bridgehead atoms. The van der Waals surface area contributed by atoms with Crippen molar-refractivity contribution in [2.45, 2.75) is 31.9 Å². The molecule has 6 heteroatoms. The van der Waals surface area contributed by atoms with Crippen molar-refractivity contribution >= 4 is 29.1 Å². The summed E-state index contributed by atoms with van der Waals surface area (Å²) < 4.78 is 0. The summed E-state index contributed by atoms with van der Waals surface area (Å²) in [7, 11) is 0. The summed E-state index contributed by atoms with van der Waals surface area (Å²) in [5.41, 5.74) is -0.238. The highest BCUT2D eigenvalue weighted by Gasteiger charge is 2.21. The Morgan fingerprint density at radius 3 is 2.32 bits per heavy atom. The molecule has 106 valence electrons. The smallest absolute Gasteiger partial charge is 0.223 e. The Hall–Kier alpha value is -0.810. The lowest BCUT2D eigenvalue weighted by molar-refractivity contribution is -0.125. The van der Waals surface area contributed by atoms with E-state index in [0.29, 0.717) is 15.6 Å². The third-order valence-corrected chi connectivity index (χ3v) is 2.96. The van der Waals surface area contributed by atoms with E-state index >= 15 is 0 Å². The molecule has 1 atom stereocenters. The summed E-state index contributed by atoms with van der Waals surface area (Å²) in [6, 6.07) is 4.67. The van der Waals surface area contributed by atoms with E-state index in [4.69, 9.17) is 28.3 Å². The molecule has 0 spiro atoms. The molecule has 0 saturated heterocycles. The molecule has 0 fully saturated rings. The molecule has 1 amide bonds. The molecule has 19 heavy (non-hydrogen) atoms. The molecule has 0 saturated carbocycles. The Morgan fingerprint density at radius 2 is 1.84 bits per heavy atom. The lowest BCUT2D eigenvalue weighted by Crippen LogP contribution is -2.46. The average molecular weight is 306 g/mol. The van der Waals surface area contributed by atoms with Crippen LogP contribution in [0.1, 0.15) is 31.9 Å². The number of nitrogens with one attached hydrogen (secondary N) is 1. The molecule has 0 aromatic heterocycles. The van der Waals surface area contributed by atoms with Crippen LogP contribution in [-0.2, 0) is 4.79 Å². The second kappa shape index (κ2) is 6.57. The zero-order valence-electron chi connectivity index (χ0n) is 10.8. The van der Waals surface area contributed by atoms with Gasteiger partial charge in [0.2, 0.25) is 5.91 Å². The van der Waals surface area contributed by atoms with Crippen LogP contribution in [0.4, 0.5) is 0 Å². The van der Waals surface area contributed by atoms with Gasteiger partial charge in [-0.05, 0) is 37.6 Å². The largest absolute Gasteiger partial charge is 0.394 e. The van der Waals surface area contributed by atoms with Gasteiger partial charge in [0.1, 0.15) is 0 Å². The van der Waals surface area contributed by atoms with Crippen LogP contribution < -0.4 is 5.32 Å². The van der Waals surface area contributed by atoms with Crippen molar-refractivity contribution in [3.05, 3.63) is 33.8 Å². The first-order valence-corrected chi connectivity index (χ1v) is 6.55. The molecule has 1 aromatic carbocycles. The Balaban J connectivity index is 2.69. The predicted molar refractivity (Wildman–Crippen MR) is 75.3 cm³/mol. The highest BCUT2D eigenvalue weighted by molar-refractivity contribution is 6.34. The van der Waals surface area contributed by atoms with Crippen molar-refractivity contribution in [3.8, 4) is 0 Å². The molecule has 0 radical (unpaired) electrons. The fourth-order valence-electron chi connectivity index (χ4n) is 1.53. The summed E-state index contributed by atoms with van der Waals surface area (Å²) in [6.07, 6.45) is -1.12. The average Bonchev–Trinajstić information content (AvgIpc) is 2.26. The van der Waals surface area contributed by atoms with Crippen LogP contribution in [0.5, 0.6) is 0 Å². The van der Waals surface area contributed by atoms with Crippen molar-refractivity contribution in [1.82, 2.24) is 5.32 Å². The maximum atomic E-state index is 11.7. The van der Waals surface area contributed by atoms with Crippen molar-refractivity contribution in [2.24, 2.45) is 0 Å². The zero-order chi connectivity index (χ0) is 14.6. The third-order valence-electron chi connectivity index (χ3n) is 2.52. The summed E-state index contributed by atoms with van der Waals surface area (Å²) in [6.45, 7) is 3.19. The molecule has 0 aliphatic carbocycles. The van der Waals surface area contributed by atoms with Gasteiger partial charge in [0.15, 0.2) is 0 Å². The molecule has 0 aliphatic heterocycles. The van der Waals surface area contributed by atoms with Crippen molar-refractivity contribution < 1.29 is 15.0 Å². The monoisotopic (exact) mass is 305 g/mol. The SMILES string of the molecule is CC(C)(CO)NC(=O)C[C@H](O)c1cc(Cl)cc(Cl)c1. The molecule has 0 unspecified atom stereocenters. The van der Waals surface area contributed by atoms with Gasteiger partial charge in [-0.15, -0.1) is 0 Å². The molecular weight excluding hydrogens is 289 g/mol. The quantitative estimate of drug-likeness (QED) is 0.782. The summed E-state index contributed by atoms with van der Waals surface area (Å²) in [5.74, 6) is -0.359. The number of amides is 1. The minimum absolute atomic E-state index is 0.125. The van der Waals surface area contributed by atoms with E-state index in [9.17, 15) is 9.90 Å². The normalized spacial score (nSPS) is 13.2. The van der Waals surface area contributed by atoms with E-state index in [1.54, 1.807) is 32.0 Å². The van der Waals surface area contributed by atoms with Crippen molar-refractivity contribution in [3.63, 3.8) is 0 Å². The van der Waals surface area contributed by atoms with Crippen LogP contribution in [0.2, 0.25) is 10.0 Å². The van der Waals surface area contributed by atoms with Crippen molar-refractivity contribution in [1.29, 1.82) is 0 Å². The van der Waals surface area contributed by atoms with E-state index in [2.05, 4.69) is 5.32 Å². The number of carbonyl (C=O) groups excluding carboxylic acids is 1. The van der Waals surface area contributed by atoms with Gasteiger partial charge in [0.25, 0.3) is 0 Å². The number of halogens is 2. The Bertz CT molecular complexity index is 443. The Kier molecular flexibility index (Phi) is 5.62. The number of rotatable bonds is 5. The van der Waals surface area contributed by atoms with Gasteiger partial charge in [-0.3, -0.25) is 4.79 Å². The van der Waals surface area contributed by atoms with Gasteiger partial charge >= 0.3 is 0 Å². The number of aliphatic hydroxyl groups is 2. The predicted octanol–water partition coefficient (Wildman–Crippen LogP) is 2.30. The van der Waals surface area contributed by atoms with Crippen LogP contribution in [0.25, 0.3) is 0 Å². The molecule has 1 rings (SSSR count). The molecule has 4 nitrogen and oxygen atoms in total. The van der Waals surface area contributed by atoms with Crippen molar-refractivity contribution in [2.75, 3.05) is 6.61 Å². The zero-order valence-corrected chi connectivity index (χ0v) is 12.3. The summed E-state index contributed by atoms with van der Waals surface area (Å²) >= 11 is 11.7. The first-order valence-electron chi connectivity index (χ1n) is 5.79. The number of carbonyl (C=O) groups is 1. The summed E-state index contributed by atoms with van der Waals surface area (Å²) in [4.78, 5) is 11.7. The van der Waals surface area contributed by atoms with E-state index in [0.717, 1.165) is 0 Å². The second-order valence-electron chi connectivity index (χ2n) is 5.01.